The minimum atomic E-state index is -0.841. The number of carbonyl (C=O) groups is 1. The summed E-state index contributed by atoms with van der Waals surface area (Å²) in [6.45, 7) is 4.23. The standard InChI is InChI=1S/C10H16N2O2S2/c1-3-15-5-7(2)11-10-12-8(6-16-10)4-9(13)14/h6-7H,3-5H2,1-2H3,(H,11,12)(H,13,14). The van der Waals surface area contributed by atoms with Crippen LogP contribution in [0.2, 0.25) is 0 Å². The largest absolute Gasteiger partial charge is 0.481 e. The van der Waals surface area contributed by atoms with Gasteiger partial charge in [-0.15, -0.1) is 11.3 Å². The number of aromatic nitrogens is 1. The van der Waals surface area contributed by atoms with E-state index in [1.165, 1.54) is 11.3 Å². The molecule has 1 unspecified atom stereocenters. The van der Waals surface area contributed by atoms with Crippen molar-refractivity contribution in [3.8, 4) is 0 Å². The van der Waals surface area contributed by atoms with Crippen LogP contribution >= 0.6 is 23.1 Å². The van der Waals surface area contributed by atoms with Gasteiger partial charge in [-0.1, -0.05) is 6.92 Å². The van der Waals surface area contributed by atoms with Crippen molar-refractivity contribution in [2.24, 2.45) is 0 Å². The van der Waals surface area contributed by atoms with E-state index in [4.69, 9.17) is 5.11 Å². The molecule has 0 aliphatic rings. The van der Waals surface area contributed by atoms with Crippen LogP contribution in [0.1, 0.15) is 19.5 Å². The fraction of sp³-hybridized carbons (Fsp3) is 0.600. The average molecular weight is 260 g/mol. The molecule has 6 heteroatoms. The second kappa shape index (κ2) is 6.75. The van der Waals surface area contributed by atoms with E-state index in [2.05, 4.69) is 24.1 Å². The second-order valence-corrected chi connectivity index (χ2v) is 5.60. The molecule has 0 aromatic carbocycles. The van der Waals surface area contributed by atoms with Crippen molar-refractivity contribution < 1.29 is 9.90 Å². The van der Waals surface area contributed by atoms with Gasteiger partial charge in [0.25, 0.3) is 0 Å². The molecule has 0 bridgehead atoms. The lowest BCUT2D eigenvalue weighted by atomic mass is 10.3. The SMILES string of the molecule is CCSCC(C)Nc1nc(CC(=O)O)cs1. The fourth-order valence-electron chi connectivity index (χ4n) is 1.16. The Morgan fingerprint density at radius 1 is 1.75 bits per heavy atom. The smallest absolute Gasteiger partial charge is 0.309 e. The molecule has 0 saturated heterocycles. The molecule has 0 radical (unpaired) electrons. The zero-order valence-electron chi connectivity index (χ0n) is 9.40. The van der Waals surface area contributed by atoms with Crippen LogP contribution in [0, 0.1) is 0 Å². The molecule has 16 heavy (non-hydrogen) atoms. The van der Waals surface area contributed by atoms with E-state index >= 15 is 0 Å². The van der Waals surface area contributed by atoms with E-state index in [-0.39, 0.29) is 6.42 Å². The first-order chi connectivity index (χ1) is 7.61. The van der Waals surface area contributed by atoms with E-state index in [0.717, 1.165) is 16.6 Å². The summed E-state index contributed by atoms with van der Waals surface area (Å²) in [5.74, 6) is 1.30. The molecule has 1 aromatic rings. The van der Waals surface area contributed by atoms with E-state index in [1.807, 2.05) is 11.8 Å². The number of rotatable bonds is 7. The minimum absolute atomic E-state index is 0.00370. The third-order valence-electron chi connectivity index (χ3n) is 1.83. The average Bonchev–Trinajstić information content (AvgIpc) is 2.61. The lowest BCUT2D eigenvalue weighted by Gasteiger charge is -2.11. The molecule has 0 saturated carbocycles. The topological polar surface area (TPSA) is 62.2 Å². The molecule has 4 nitrogen and oxygen atoms in total. The van der Waals surface area contributed by atoms with Crippen LogP contribution in [0.4, 0.5) is 5.13 Å². The first-order valence-corrected chi connectivity index (χ1v) is 7.15. The fourth-order valence-corrected chi connectivity index (χ4v) is 2.65. The normalized spacial score (nSPS) is 12.4. The highest BCUT2D eigenvalue weighted by Gasteiger charge is 2.08. The lowest BCUT2D eigenvalue weighted by Crippen LogP contribution is -2.17. The van der Waals surface area contributed by atoms with Gasteiger partial charge in [0, 0.05) is 17.2 Å². The molecule has 1 heterocycles. The van der Waals surface area contributed by atoms with E-state index in [9.17, 15) is 4.79 Å². The molecule has 1 aromatic heterocycles. The van der Waals surface area contributed by atoms with Gasteiger partial charge in [-0.05, 0) is 12.7 Å². The molecule has 0 aliphatic heterocycles. The number of carboxylic acids is 1. The number of nitrogens with one attached hydrogen (secondary N) is 1. The summed E-state index contributed by atoms with van der Waals surface area (Å²) >= 11 is 3.33. The van der Waals surface area contributed by atoms with Crippen LogP contribution in [-0.2, 0) is 11.2 Å². The van der Waals surface area contributed by atoms with Crippen molar-refractivity contribution in [1.29, 1.82) is 0 Å². The Balaban J connectivity index is 2.42. The second-order valence-electron chi connectivity index (χ2n) is 3.42. The zero-order valence-corrected chi connectivity index (χ0v) is 11.0. The predicted molar refractivity (Wildman–Crippen MR) is 69.5 cm³/mol. The summed E-state index contributed by atoms with van der Waals surface area (Å²) in [5.41, 5.74) is 0.621. The number of hydrogen-bond donors (Lipinski definition) is 2. The Labute approximate surface area is 103 Å². The van der Waals surface area contributed by atoms with Crippen LogP contribution < -0.4 is 5.32 Å². The van der Waals surface area contributed by atoms with Gasteiger partial charge >= 0.3 is 5.97 Å². The highest BCUT2D eigenvalue weighted by molar-refractivity contribution is 7.99. The monoisotopic (exact) mass is 260 g/mol. The van der Waals surface area contributed by atoms with Crippen molar-refractivity contribution in [2.45, 2.75) is 26.3 Å². The maximum absolute atomic E-state index is 10.5. The first-order valence-electron chi connectivity index (χ1n) is 5.12. The highest BCUT2D eigenvalue weighted by atomic mass is 32.2. The highest BCUT2D eigenvalue weighted by Crippen LogP contribution is 2.17. The van der Waals surface area contributed by atoms with Crippen LogP contribution in [0.3, 0.4) is 0 Å². The summed E-state index contributed by atoms with van der Waals surface area (Å²) in [6.07, 6.45) is -0.00370. The maximum Gasteiger partial charge on any atom is 0.309 e. The van der Waals surface area contributed by atoms with Gasteiger partial charge in [-0.25, -0.2) is 4.98 Å². The summed E-state index contributed by atoms with van der Waals surface area (Å²) in [7, 11) is 0. The molecule has 90 valence electrons. The van der Waals surface area contributed by atoms with Crippen LogP contribution in [0.25, 0.3) is 0 Å². The lowest BCUT2D eigenvalue weighted by molar-refractivity contribution is -0.136. The molecule has 2 N–H and O–H groups in total. The van der Waals surface area contributed by atoms with Crippen LogP contribution in [0.15, 0.2) is 5.38 Å². The number of thiazole rings is 1. The molecular formula is C10H16N2O2S2. The Morgan fingerprint density at radius 2 is 2.50 bits per heavy atom. The number of hydrogen-bond acceptors (Lipinski definition) is 5. The van der Waals surface area contributed by atoms with E-state index < -0.39 is 5.97 Å². The van der Waals surface area contributed by atoms with Gasteiger partial charge in [0.15, 0.2) is 5.13 Å². The van der Waals surface area contributed by atoms with Crippen molar-refractivity contribution in [2.75, 3.05) is 16.8 Å². The Kier molecular flexibility index (Phi) is 5.62. The molecule has 1 rings (SSSR count). The summed E-state index contributed by atoms with van der Waals surface area (Å²) in [6, 6.07) is 0.355. The molecule has 0 amide bonds. The number of anilines is 1. The molecule has 0 fully saturated rings. The van der Waals surface area contributed by atoms with Gasteiger partial charge in [0.05, 0.1) is 12.1 Å². The van der Waals surface area contributed by atoms with Gasteiger partial charge in [-0.3, -0.25) is 4.79 Å². The first kappa shape index (κ1) is 13.3. The summed E-state index contributed by atoms with van der Waals surface area (Å²) in [4.78, 5) is 14.7. The Bertz CT molecular complexity index is 341. The van der Waals surface area contributed by atoms with E-state index in [1.54, 1.807) is 5.38 Å². The van der Waals surface area contributed by atoms with Crippen LogP contribution in [-0.4, -0.2) is 33.6 Å². The summed E-state index contributed by atoms with van der Waals surface area (Å²) in [5, 5.41) is 14.5. The third kappa shape index (κ3) is 4.85. The molecule has 1 atom stereocenters. The van der Waals surface area contributed by atoms with Crippen molar-refractivity contribution >= 4 is 34.2 Å². The molecule has 0 spiro atoms. The number of carboxylic acid groups (broad SMARTS) is 1. The molecular weight excluding hydrogens is 244 g/mol. The van der Waals surface area contributed by atoms with E-state index in [0.29, 0.717) is 11.7 Å². The number of thioether (sulfide) groups is 1. The number of nitrogens with zero attached hydrogens (tertiary/aromatic N) is 1. The van der Waals surface area contributed by atoms with Gasteiger partial charge in [0.2, 0.25) is 0 Å². The quantitative estimate of drug-likeness (QED) is 0.788. The Hall–Kier alpha value is -0.750. The van der Waals surface area contributed by atoms with Crippen LogP contribution in [0.5, 0.6) is 0 Å². The Morgan fingerprint density at radius 3 is 3.12 bits per heavy atom. The van der Waals surface area contributed by atoms with Crippen molar-refractivity contribution in [3.63, 3.8) is 0 Å². The van der Waals surface area contributed by atoms with Gasteiger partial charge < -0.3 is 10.4 Å². The number of aliphatic carboxylic acids is 1. The minimum Gasteiger partial charge on any atom is -0.481 e. The predicted octanol–water partition coefficient (Wildman–Crippen LogP) is 2.32. The maximum atomic E-state index is 10.5. The molecule has 0 aliphatic carbocycles. The third-order valence-corrected chi connectivity index (χ3v) is 3.79. The van der Waals surface area contributed by atoms with Gasteiger partial charge in [0.1, 0.15) is 0 Å². The summed E-state index contributed by atoms with van der Waals surface area (Å²) < 4.78 is 0. The van der Waals surface area contributed by atoms with Crippen molar-refractivity contribution in [3.05, 3.63) is 11.1 Å². The van der Waals surface area contributed by atoms with Gasteiger partial charge in [-0.2, -0.15) is 11.8 Å². The zero-order chi connectivity index (χ0) is 12.0. The van der Waals surface area contributed by atoms with Crippen molar-refractivity contribution in [1.82, 2.24) is 4.98 Å².